The number of benzene rings is 1. The Bertz CT molecular complexity index is 589. The highest BCUT2D eigenvalue weighted by Crippen LogP contribution is 2.23. The molecule has 0 saturated carbocycles. The van der Waals surface area contributed by atoms with Crippen LogP contribution in [0.15, 0.2) is 27.6 Å². The summed E-state index contributed by atoms with van der Waals surface area (Å²) in [4.78, 5) is 10.8. The average molecular weight is 382 g/mol. The summed E-state index contributed by atoms with van der Waals surface area (Å²) in [7, 11) is -3.72. The van der Waals surface area contributed by atoms with Crippen molar-refractivity contribution in [3.8, 4) is 0 Å². The van der Waals surface area contributed by atoms with E-state index in [0.29, 0.717) is 22.7 Å². The van der Waals surface area contributed by atoms with Crippen LogP contribution in [0, 0.1) is 0 Å². The lowest BCUT2D eigenvalue weighted by atomic mass is 10.2. The van der Waals surface area contributed by atoms with Crippen molar-refractivity contribution in [3.05, 3.63) is 28.2 Å². The zero-order valence-electron chi connectivity index (χ0n) is 11.1. The van der Waals surface area contributed by atoms with E-state index < -0.39 is 16.0 Å². The molecular formula is C12H16BrNO4S2. The number of hydrogen-bond donors (Lipinski definition) is 2. The van der Waals surface area contributed by atoms with Crippen molar-refractivity contribution in [2.24, 2.45) is 0 Å². The molecule has 0 heterocycles. The van der Waals surface area contributed by atoms with E-state index in [0.717, 1.165) is 6.07 Å². The number of carboxylic acid groups (broad SMARTS) is 1. The Labute approximate surface area is 131 Å². The molecule has 20 heavy (non-hydrogen) atoms. The topological polar surface area (TPSA) is 83.5 Å². The smallest absolute Gasteiger partial charge is 0.335 e. The summed E-state index contributed by atoms with van der Waals surface area (Å²) >= 11 is 4.79. The van der Waals surface area contributed by atoms with E-state index in [2.05, 4.69) is 20.7 Å². The molecule has 1 unspecified atom stereocenters. The Kier molecular flexibility index (Phi) is 6.50. The van der Waals surface area contributed by atoms with Crippen LogP contribution in [0.4, 0.5) is 0 Å². The number of nitrogens with one attached hydrogen (secondary N) is 1. The van der Waals surface area contributed by atoms with E-state index >= 15 is 0 Å². The van der Waals surface area contributed by atoms with E-state index in [9.17, 15) is 13.2 Å². The molecule has 0 aliphatic rings. The molecule has 2 N–H and O–H groups in total. The molecule has 0 aliphatic carbocycles. The molecule has 1 aromatic rings. The lowest BCUT2D eigenvalue weighted by Crippen LogP contribution is -2.26. The van der Waals surface area contributed by atoms with E-state index in [1.54, 1.807) is 11.8 Å². The first-order valence-corrected chi connectivity index (χ1v) is 9.39. The van der Waals surface area contributed by atoms with Crippen LogP contribution in [0.3, 0.4) is 0 Å². The van der Waals surface area contributed by atoms with Gasteiger partial charge in [-0.15, -0.1) is 0 Å². The van der Waals surface area contributed by atoms with E-state index in [1.807, 2.05) is 13.2 Å². The number of carboxylic acids is 1. The van der Waals surface area contributed by atoms with E-state index in [-0.39, 0.29) is 10.5 Å². The van der Waals surface area contributed by atoms with Gasteiger partial charge in [-0.05, 0) is 46.8 Å². The predicted octanol–water partition coefficient (Wildman–Crippen LogP) is 2.57. The van der Waals surface area contributed by atoms with Gasteiger partial charge in [0, 0.05) is 16.3 Å². The summed E-state index contributed by atoms with van der Waals surface area (Å²) < 4.78 is 27.1. The molecule has 112 valence electrons. The van der Waals surface area contributed by atoms with Gasteiger partial charge in [-0.2, -0.15) is 11.8 Å². The van der Waals surface area contributed by atoms with Gasteiger partial charge in [0.2, 0.25) is 10.0 Å². The summed E-state index contributed by atoms with van der Waals surface area (Å²) in [5, 5.41) is 9.27. The minimum atomic E-state index is -3.72. The van der Waals surface area contributed by atoms with Gasteiger partial charge in [0.1, 0.15) is 0 Å². The van der Waals surface area contributed by atoms with Crippen molar-refractivity contribution in [2.45, 2.75) is 23.5 Å². The zero-order chi connectivity index (χ0) is 15.3. The normalized spacial score (nSPS) is 13.2. The molecule has 8 heteroatoms. The van der Waals surface area contributed by atoms with Crippen LogP contribution in [-0.4, -0.2) is 37.5 Å². The minimum absolute atomic E-state index is 0.0609. The summed E-state index contributed by atoms with van der Waals surface area (Å²) in [6.07, 6.45) is 2.67. The minimum Gasteiger partial charge on any atom is -0.478 e. The number of rotatable bonds is 7. The highest BCUT2D eigenvalue weighted by Gasteiger charge is 2.19. The maximum absolute atomic E-state index is 12.2. The van der Waals surface area contributed by atoms with Crippen molar-refractivity contribution < 1.29 is 18.3 Å². The molecule has 1 rings (SSSR count). The Hall–Kier alpha value is -0.570. The largest absolute Gasteiger partial charge is 0.478 e. The Balaban J connectivity index is 2.92. The Morgan fingerprint density at radius 2 is 2.15 bits per heavy atom. The molecule has 0 saturated heterocycles. The highest BCUT2D eigenvalue weighted by atomic mass is 79.9. The molecule has 0 aromatic heterocycles. The van der Waals surface area contributed by atoms with Crippen molar-refractivity contribution in [2.75, 3.05) is 12.8 Å². The van der Waals surface area contributed by atoms with Gasteiger partial charge >= 0.3 is 5.97 Å². The Morgan fingerprint density at radius 1 is 1.50 bits per heavy atom. The predicted molar refractivity (Wildman–Crippen MR) is 83.9 cm³/mol. The van der Waals surface area contributed by atoms with Gasteiger partial charge in [0.15, 0.2) is 0 Å². The number of thioether (sulfide) groups is 1. The summed E-state index contributed by atoms with van der Waals surface area (Å²) in [5.74, 6) is -1.16. The summed E-state index contributed by atoms with van der Waals surface area (Å²) in [6.45, 7) is 2.33. The van der Waals surface area contributed by atoms with E-state index in [4.69, 9.17) is 5.11 Å². The van der Waals surface area contributed by atoms with Crippen LogP contribution in [0.2, 0.25) is 0 Å². The van der Waals surface area contributed by atoms with Crippen molar-refractivity contribution in [3.63, 3.8) is 0 Å². The Morgan fingerprint density at radius 3 is 2.70 bits per heavy atom. The highest BCUT2D eigenvalue weighted by molar-refractivity contribution is 9.10. The number of sulfonamides is 1. The summed E-state index contributed by atoms with van der Waals surface area (Å²) in [5.41, 5.74) is -0.0638. The molecule has 5 nitrogen and oxygen atoms in total. The lowest BCUT2D eigenvalue weighted by Gasteiger charge is -2.11. The molecule has 0 spiro atoms. The van der Waals surface area contributed by atoms with Gasteiger partial charge in [-0.3, -0.25) is 0 Å². The van der Waals surface area contributed by atoms with Gasteiger partial charge in [0.25, 0.3) is 0 Å². The van der Waals surface area contributed by atoms with Crippen LogP contribution in [-0.2, 0) is 10.0 Å². The molecule has 0 amide bonds. The molecule has 0 aliphatic heterocycles. The first kappa shape index (κ1) is 17.5. The first-order valence-electron chi connectivity index (χ1n) is 5.83. The third-order valence-corrected chi connectivity index (χ3v) is 6.21. The molecular weight excluding hydrogens is 366 g/mol. The molecule has 0 fully saturated rings. The summed E-state index contributed by atoms with van der Waals surface area (Å²) in [6, 6.07) is 3.91. The van der Waals surface area contributed by atoms with Crippen molar-refractivity contribution >= 4 is 43.7 Å². The first-order chi connectivity index (χ1) is 9.27. The van der Waals surface area contributed by atoms with Gasteiger partial charge in [-0.1, -0.05) is 6.92 Å². The SMILES string of the molecule is CSC(C)CCNS(=O)(=O)c1cc(C(=O)O)ccc1Br. The molecule has 0 bridgehead atoms. The monoisotopic (exact) mass is 381 g/mol. The fraction of sp³-hybridized carbons (Fsp3) is 0.417. The molecule has 1 aromatic carbocycles. The second-order valence-electron chi connectivity index (χ2n) is 4.18. The number of carbonyl (C=O) groups is 1. The van der Waals surface area contributed by atoms with Crippen LogP contribution >= 0.6 is 27.7 Å². The van der Waals surface area contributed by atoms with Crippen LogP contribution in [0.1, 0.15) is 23.7 Å². The van der Waals surface area contributed by atoms with Gasteiger partial charge in [-0.25, -0.2) is 17.9 Å². The van der Waals surface area contributed by atoms with E-state index in [1.165, 1.54) is 12.1 Å². The number of hydrogen-bond acceptors (Lipinski definition) is 4. The maximum Gasteiger partial charge on any atom is 0.335 e. The van der Waals surface area contributed by atoms with Crippen molar-refractivity contribution in [1.82, 2.24) is 4.72 Å². The van der Waals surface area contributed by atoms with Gasteiger partial charge < -0.3 is 5.11 Å². The molecule has 0 radical (unpaired) electrons. The van der Waals surface area contributed by atoms with Crippen molar-refractivity contribution in [1.29, 1.82) is 0 Å². The van der Waals surface area contributed by atoms with Crippen LogP contribution < -0.4 is 4.72 Å². The average Bonchev–Trinajstić information content (AvgIpc) is 2.38. The standard InChI is InChI=1S/C12H16BrNO4S2/c1-8(19-2)5-6-14-20(17,18)11-7-9(12(15)16)3-4-10(11)13/h3-4,7-8,14H,5-6H2,1-2H3,(H,15,16). The van der Waals surface area contributed by atoms with Gasteiger partial charge in [0.05, 0.1) is 10.5 Å². The fourth-order valence-electron chi connectivity index (χ4n) is 1.43. The fourth-order valence-corrected chi connectivity index (χ4v) is 3.82. The zero-order valence-corrected chi connectivity index (χ0v) is 14.3. The second-order valence-corrected chi connectivity index (χ2v) is 8.05. The van der Waals surface area contributed by atoms with Crippen LogP contribution in [0.25, 0.3) is 0 Å². The number of aromatic carboxylic acids is 1. The quantitative estimate of drug-likeness (QED) is 0.757. The third-order valence-electron chi connectivity index (χ3n) is 2.71. The number of halogens is 1. The maximum atomic E-state index is 12.2. The third kappa shape index (κ3) is 4.76. The lowest BCUT2D eigenvalue weighted by molar-refractivity contribution is 0.0696. The van der Waals surface area contributed by atoms with Crippen LogP contribution in [0.5, 0.6) is 0 Å². The molecule has 1 atom stereocenters. The second kappa shape index (κ2) is 7.44.